The van der Waals surface area contributed by atoms with E-state index < -0.39 is 0 Å². The van der Waals surface area contributed by atoms with Gasteiger partial charge in [-0.25, -0.2) is 0 Å². The summed E-state index contributed by atoms with van der Waals surface area (Å²) in [5.41, 5.74) is 3.85. The number of hydrogen-bond acceptors (Lipinski definition) is 3. The minimum absolute atomic E-state index is 0.226. The second-order valence-electron chi connectivity index (χ2n) is 4.27. The molecule has 0 fully saturated rings. The van der Waals surface area contributed by atoms with Crippen molar-refractivity contribution in [3.8, 4) is 5.75 Å². The first-order valence-corrected chi connectivity index (χ1v) is 6.41. The smallest absolute Gasteiger partial charge is 0.207 e. The van der Waals surface area contributed by atoms with Crippen molar-refractivity contribution in [2.24, 2.45) is 0 Å². The van der Waals surface area contributed by atoms with E-state index in [-0.39, 0.29) is 6.04 Å². The number of carbonyl (C=O) groups excluding carboxylic acids is 1. The van der Waals surface area contributed by atoms with Crippen molar-refractivity contribution in [1.29, 1.82) is 0 Å². The van der Waals surface area contributed by atoms with Crippen LogP contribution in [-0.2, 0) is 23.4 Å². The van der Waals surface area contributed by atoms with E-state index >= 15 is 0 Å². The largest absolute Gasteiger partial charge is 0.496 e. The zero-order chi connectivity index (χ0) is 12.3. The van der Waals surface area contributed by atoms with E-state index in [9.17, 15) is 4.79 Å². The second-order valence-corrected chi connectivity index (χ2v) is 4.58. The van der Waals surface area contributed by atoms with Gasteiger partial charge in [-0.2, -0.15) is 12.6 Å². The predicted octanol–water partition coefficient (Wildman–Crippen LogP) is 1.73. The Bertz CT molecular complexity index is 420. The number of nitrogens with one attached hydrogen (secondary N) is 1. The summed E-state index contributed by atoms with van der Waals surface area (Å²) in [5.74, 6) is 1.67. The van der Waals surface area contributed by atoms with Gasteiger partial charge < -0.3 is 10.1 Å². The minimum Gasteiger partial charge on any atom is -0.496 e. The van der Waals surface area contributed by atoms with E-state index in [4.69, 9.17) is 4.74 Å². The summed E-state index contributed by atoms with van der Waals surface area (Å²) < 4.78 is 5.40. The quantitative estimate of drug-likeness (QED) is 0.632. The third-order valence-corrected chi connectivity index (χ3v) is 3.71. The molecule has 0 radical (unpaired) electrons. The Kier molecular flexibility index (Phi) is 3.94. The molecular weight excluding hydrogens is 234 g/mol. The zero-order valence-electron chi connectivity index (χ0n) is 9.90. The Labute approximate surface area is 107 Å². The lowest BCUT2D eigenvalue weighted by atomic mass is 9.85. The number of methoxy groups -OCH3 is 1. The number of thiol groups is 1. The fraction of sp³-hybridized carbons (Fsp3) is 0.462. The van der Waals surface area contributed by atoms with Crippen LogP contribution < -0.4 is 10.1 Å². The minimum atomic E-state index is 0.226. The normalized spacial score (nSPS) is 18.4. The van der Waals surface area contributed by atoms with E-state index in [0.29, 0.717) is 0 Å². The summed E-state index contributed by atoms with van der Waals surface area (Å²) in [6.07, 6.45) is 3.59. The molecule has 0 bridgehead atoms. The molecule has 1 aromatic rings. The standard InChI is InChI=1S/C13H17NO2S/c1-16-13-5-2-9(7-17)11-4-3-10(14-8-15)6-12(11)13/h2,5,8,10,17H,3-4,6-7H2,1H3,(H,14,15). The number of amides is 1. The fourth-order valence-corrected chi connectivity index (χ4v) is 2.80. The maximum Gasteiger partial charge on any atom is 0.207 e. The van der Waals surface area contributed by atoms with Crippen LogP contribution in [-0.4, -0.2) is 19.6 Å². The first kappa shape index (κ1) is 12.3. The number of carbonyl (C=O) groups is 1. The van der Waals surface area contributed by atoms with Crippen molar-refractivity contribution < 1.29 is 9.53 Å². The summed E-state index contributed by atoms with van der Waals surface area (Å²) in [7, 11) is 1.69. The van der Waals surface area contributed by atoms with Crippen LogP contribution in [0, 0.1) is 0 Å². The molecule has 0 heterocycles. The summed E-state index contributed by atoms with van der Waals surface area (Å²) >= 11 is 4.36. The van der Waals surface area contributed by atoms with E-state index in [2.05, 4.69) is 24.0 Å². The number of fused-ring (bicyclic) bond motifs is 1. The van der Waals surface area contributed by atoms with Crippen LogP contribution in [0.4, 0.5) is 0 Å². The van der Waals surface area contributed by atoms with Gasteiger partial charge in [-0.15, -0.1) is 0 Å². The first-order chi connectivity index (χ1) is 8.30. The van der Waals surface area contributed by atoms with E-state index in [0.717, 1.165) is 37.2 Å². The molecule has 1 atom stereocenters. The molecule has 0 saturated carbocycles. The van der Waals surface area contributed by atoms with E-state index in [1.54, 1.807) is 7.11 Å². The van der Waals surface area contributed by atoms with Crippen LogP contribution in [0.25, 0.3) is 0 Å². The summed E-state index contributed by atoms with van der Waals surface area (Å²) in [5, 5.41) is 2.86. The summed E-state index contributed by atoms with van der Waals surface area (Å²) in [6, 6.07) is 4.30. The van der Waals surface area contributed by atoms with E-state index in [1.807, 2.05) is 6.07 Å². The Morgan fingerprint density at radius 1 is 1.53 bits per heavy atom. The molecule has 0 aromatic heterocycles. The molecule has 1 amide bonds. The molecule has 1 N–H and O–H groups in total. The topological polar surface area (TPSA) is 38.3 Å². The van der Waals surface area contributed by atoms with Crippen LogP contribution in [0.15, 0.2) is 12.1 Å². The van der Waals surface area contributed by atoms with Crippen LogP contribution >= 0.6 is 12.6 Å². The molecular formula is C13H17NO2S. The highest BCUT2D eigenvalue weighted by atomic mass is 32.1. The highest BCUT2D eigenvalue weighted by Crippen LogP contribution is 2.32. The molecule has 1 aromatic carbocycles. The van der Waals surface area contributed by atoms with Crippen molar-refractivity contribution in [2.75, 3.05) is 7.11 Å². The average molecular weight is 251 g/mol. The third-order valence-electron chi connectivity index (χ3n) is 3.37. The fourth-order valence-electron chi connectivity index (χ4n) is 2.50. The van der Waals surface area contributed by atoms with Crippen molar-refractivity contribution in [2.45, 2.75) is 31.1 Å². The molecule has 0 spiro atoms. The van der Waals surface area contributed by atoms with Gasteiger partial charge in [-0.3, -0.25) is 4.79 Å². The number of rotatable bonds is 4. The van der Waals surface area contributed by atoms with Crippen LogP contribution in [0.5, 0.6) is 5.75 Å². The lowest BCUT2D eigenvalue weighted by Gasteiger charge is -2.27. The van der Waals surface area contributed by atoms with Gasteiger partial charge in [0.25, 0.3) is 0 Å². The molecule has 2 rings (SSSR count). The Balaban J connectivity index is 2.36. The van der Waals surface area contributed by atoms with E-state index in [1.165, 1.54) is 16.7 Å². The summed E-state index contributed by atoms with van der Waals surface area (Å²) in [6.45, 7) is 0. The van der Waals surface area contributed by atoms with Gasteiger partial charge in [0.2, 0.25) is 6.41 Å². The van der Waals surface area contributed by atoms with Crippen LogP contribution in [0.3, 0.4) is 0 Å². The van der Waals surface area contributed by atoms with Crippen molar-refractivity contribution in [3.05, 3.63) is 28.8 Å². The molecule has 3 nitrogen and oxygen atoms in total. The number of hydrogen-bond donors (Lipinski definition) is 2. The molecule has 1 aliphatic rings. The Morgan fingerprint density at radius 2 is 2.35 bits per heavy atom. The SMILES string of the molecule is COc1ccc(CS)c2c1CC(NC=O)CC2. The Hall–Kier alpha value is -1.16. The lowest BCUT2D eigenvalue weighted by Crippen LogP contribution is -2.34. The maximum atomic E-state index is 10.5. The maximum absolute atomic E-state index is 10.5. The average Bonchev–Trinajstić information content (AvgIpc) is 2.37. The van der Waals surface area contributed by atoms with Gasteiger partial charge >= 0.3 is 0 Å². The van der Waals surface area contributed by atoms with Crippen molar-refractivity contribution in [1.82, 2.24) is 5.32 Å². The van der Waals surface area contributed by atoms with Crippen LogP contribution in [0.1, 0.15) is 23.1 Å². The van der Waals surface area contributed by atoms with Gasteiger partial charge in [0, 0.05) is 11.8 Å². The van der Waals surface area contributed by atoms with Gasteiger partial charge in [0.15, 0.2) is 0 Å². The molecule has 17 heavy (non-hydrogen) atoms. The molecule has 1 aliphatic carbocycles. The van der Waals surface area contributed by atoms with Gasteiger partial charge in [0.1, 0.15) is 5.75 Å². The van der Waals surface area contributed by atoms with Gasteiger partial charge in [-0.1, -0.05) is 6.07 Å². The van der Waals surface area contributed by atoms with Crippen LogP contribution in [0.2, 0.25) is 0 Å². The third kappa shape index (κ3) is 2.41. The van der Waals surface area contributed by atoms with Gasteiger partial charge in [0.05, 0.1) is 7.11 Å². The Morgan fingerprint density at radius 3 is 3.00 bits per heavy atom. The van der Waals surface area contributed by atoms with Crippen molar-refractivity contribution >= 4 is 19.0 Å². The lowest BCUT2D eigenvalue weighted by molar-refractivity contribution is -0.110. The zero-order valence-corrected chi connectivity index (χ0v) is 10.8. The second kappa shape index (κ2) is 5.45. The molecule has 4 heteroatoms. The number of benzene rings is 1. The highest BCUT2D eigenvalue weighted by Gasteiger charge is 2.23. The van der Waals surface area contributed by atoms with Gasteiger partial charge in [-0.05, 0) is 42.0 Å². The molecule has 92 valence electrons. The first-order valence-electron chi connectivity index (χ1n) is 5.78. The summed E-state index contributed by atoms with van der Waals surface area (Å²) in [4.78, 5) is 10.5. The number of ether oxygens (including phenoxy) is 1. The van der Waals surface area contributed by atoms with Crippen molar-refractivity contribution in [3.63, 3.8) is 0 Å². The highest BCUT2D eigenvalue weighted by molar-refractivity contribution is 7.79. The predicted molar refractivity (Wildman–Crippen MR) is 70.7 cm³/mol. The molecule has 0 saturated heterocycles. The molecule has 1 unspecified atom stereocenters. The molecule has 0 aliphatic heterocycles. The monoisotopic (exact) mass is 251 g/mol.